The number of rotatable bonds is 10. The minimum Gasteiger partial charge on any atom is -0.348 e. The molecule has 0 bridgehead atoms. The van der Waals surface area contributed by atoms with Gasteiger partial charge in [0.25, 0.3) is 0 Å². The molecule has 3 nitrogen and oxygen atoms in total. The van der Waals surface area contributed by atoms with Gasteiger partial charge in [-0.3, -0.25) is 0 Å². The monoisotopic (exact) mass is 311 g/mol. The van der Waals surface area contributed by atoms with E-state index in [1.165, 1.54) is 22.1 Å². The number of anilines is 1. The van der Waals surface area contributed by atoms with Gasteiger partial charge in [-0.05, 0) is 38.1 Å². The number of hydrogen-bond donors (Lipinski definition) is 1. The standard InChI is InChI=1S/C17H33N3S/c1-7-10-18-11-15-16(14(6)8-2)19-17(21-15)20(9-3)12-13(4)5/h13-14,18H,7-12H2,1-6H3. The molecule has 0 saturated heterocycles. The smallest absolute Gasteiger partial charge is 0.185 e. The molecule has 0 aliphatic carbocycles. The summed E-state index contributed by atoms with van der Waals surface area (Å²) < 4.78 is 0. The summed E-state index contributed by atoms with van der Waals surface area (Å²) in [4.78, 5) is 8.84. The predicted molar refractivity (Wildman–Crippen MR) is 95.5 cm³/mol. The van der Waals surface area contributed by atoms with Crippen molar-refractivity contribution in [3.63, 3.8) is 0 Å². The number of nitrogens with zero attached hydrogens (tertiary/aromatic N) is 2. The van der Waals surface area contributed by atoms with Crippen molar-refractivity contribution < 1.29 is 0 Å². The lowest BCUT2D eigenvalue weighted by Crippen LogP contribution is -2.27. The Hall–Kier alpha value is -0.610. The minimum absolute atomic E-state index is 0.547. The van der Waals surface area contributed by atoms with Crippen LogP contribution >= 0.6 is 11.3 Å². The summed E-state index contributed by atoms with van der Waals surface area (Å²) in [6.45, 7) is 17.7. The molecule has 21 heavy (non-hydrogen) atoms. The van der Waals surface area contributed by atoms with Crippen LogP contribution in [0.25, 0.3) is 0 Å². The van der Waals surface area contributed by atoms with Crippen LogP contribution in [-0.4, -0.2) is 24.6 Å². The van der Waals surface area contributed by atoms with Crippen molar-refractivity contribution in [3.8, 4) is 0 Å². The third-order valence-corrected chi connectivity index (χ3v) is 4.88. The summed E-state index contributed by atoms with van der Waals surface area (Å²) in [5.74, 6) is 1.22. The van der Waals surface area contributed by atoms with E-state index in [9.17, 15) is 0 Å². The first kappa shape index (κ1) is 18.4. The third-order valence-electron chi connectivity index (χ3n) is 3.75. The van der Waals surface area contributed by atoms with E-state index in [1.807, 2.05) is 11.3 Å². The molecular weight excluding hydrogens is 278 g/mol. The Balaban J connectivity index is 2.94. The molecule has 1 aromatic rings. The zero-order valence-corrected chi connectivity index (χ0v) is 15.5. The molecule has 0 aromatic carbocycles. The Labute approximate surface area is 135 Å². The number of nitrogens with one attached hydrogen (secondary N) is 1. The maximum absolute atomic E-state index is 4.99. The van der Waals surface area contributed by atoms with Crippen LogP contribution in [0.1, 0.15) is 70.9 Å². The summed E-state index contributed by atoms with van der Waals surface area (Å²) in [6, 6.07) is 0. The molecule has 1 unspecified atom stereocenters. The molecule has 0 radical (unpaired) electrons. The Kier molecular flexibility index (Phi) is 8.27. The van der Waals surface area contributed by atoms with Crippen molar-refractivity contribution in [2.75, 3.05) is 24.5 Å². The SMILES string of the molecule is CCCNCc1sc(N(CC)CC(C)C)nc1C(C)CC. The van der Waals surface area contributed by atoms with Crippen molar-refractivity contribution in [2.24, 2.45) is 5.92 Å². The summed E-state index contributed by atoms with van der Waals surface area (Å²) in [5.41, 5.74) is 1.31. The highest BCUT2D eigenvalue weighted by molar-refractivity contribution is 7.15. The van der Waals surface area contributed by atoms with Crippen molar-refractivity contribution >= 4 is 16.5 Å². The van der Waals surface area contributed by atoms with Crippen LogP contribution in [0.2, 0.25) is 0 Å². The molecule has 1 atom stereocenters. The molecule has 1 rings (SSSR count). The van der Waals surface area contributed by atoms with E-state index in [-0.39, 0.29) is 0 Å². The van der Waals surface area contributed by atoms with E-state index < -0.39 is 0 Å². The molecule has 1 aromatic heterocycles. The summed E-state index contributed by atoms with van der Waals surface area (Å²) in [6.07, 6.45) is 2.33. The fourth-order valence-corrected chi connectivity index (χ4v) is 3.58. The maximum atomic E-state index is 4.99. The molecule has 0 amide bonds. The highest BCUT2D eigenvalue weighted by Gasteiger charge is 2.19. The van der Waals surface area contributed by atoms with Gasteiger partial charge in [0.05, 0.1) is 5.69 Å². The summed E-state index contributed by atoms with van der Waals surface area (Å²) in [5, 5.41) is 4.74. The van der Waals surface area contributed by atoms with Crippen LogP contribution in [0.4, 0.5) is 5.13 Å². The van der Waals surface area contributed by atoms with Gasteiger partial charge in [0.15, 0.2) is 5.13 Å². The van der Waals surface area contributed by atoms with E-state index >= 15 is 0 Å². The van der Waals surface area contributed by atoms with E-state index in [1.54, 1.807) is 0 Å². The largest absolute Gasteiger partial charge is 0.348 e. The van der Waals surface area contributed by atoms with Gasteiger partial charge in [0, 0.05) is 24.5 Å². The molecule has 0 spiro atoms. The Morgan fingerprint density at radius 2 is 1.90 bits per heavy atom. The molecule has 1 heterocycles. The number of hydrogen-bond acceptors (Lipinski definition) is 4. The molecule has 4 heteroatoms. The van der Waals surface area contributed by atoms with E-state index in [0.29, 0.717) is 11.8 Å². The molecule has 0 fully saturated rings. The highest BCUT2D eigenvalue weighted by Crippen LogP contribution is 2.32. The normalized spacial score (nSPS) is 12.9. The first-order chi connectivity index (χ1) is 10.0. The van der Waals surface area contributed by atoms with Crippen LogP contribution in [0, 0.1) is 5.92 Å². The van der Waals surface area contributed by atoms with Gasteiger partial charge in [-0.1, -0.05) is 34.6 Å². The first-order valence-electron chi connectivity index (χ1n) is 8.48. The lowest BCUT2D eigenvalue weighted by atomic mass is 10.0. The van der Waals surface area contributed by atoms with Crippen molar-refractivity contribution in [2.45, 2.75) is 66.8 Å². The van der Waals surface area contributed by atoms with Gasteiger partial charge < -0.3 is 10.2 Å². The lowest BCUT2D eigenvalue weighted by molar-refractivity contribution is 0.615. The van der Waals surface area contributed by atoms with Crippen molar-refractivity contribution in [1.29, 1.82) is 0 Å². The molecule has 0 aliphatic rings. The van der Waals surface area contributed by atoms with Gasteiger partial charge in [-0.15, -0.1) is 11.3 Å². The van der Waals surface area contributed by atoms with Crippen LogP contribution < -0.4 is 10.2 Å². The van der Waals surface area contributed by atoms with Crippen LogP contribution in [-0.2, 0) is 6.54 Å². The highest BCUT2D eigenvalue weighted by atomic mass is 32.1. The molecule has 0 saturated carbocycles. The zero-order valence-electron chi connectivity index (χ0n) is 14.7. The van der Waals surface area contributed by atoms with Gasteiger partial charge >= 0.3 is 0 Å². The van der Waals surface area contributed by atoms with E-state index in [4.69, 9.17) is 4.98 Å². The number of thiazole rings is 1. The zero-order chi connectivity index (χ0) is 15.8. The van der Waals surface area contributed by atoms with Crippen LogP contribution in [0.15, 0.2) is 0 Å². The quantitative estimate of drug-likeness (QED) is 0.638. The average Bonchev–Trinajstić information content (AvgIpc) is 2.88. The molecule has 0 aliphatic heterocycles. The first-order valence-corrected chi connectivity index (χ1v) is 9.30. The Morgan fingerprint density at radius 3 is 2.43 bits per heavy atom. The number of aromatic nitrogens is 1. The second kappa shape index (κ2) is 9.42. The van der Waals surface area contributed by atoms with Gasteiger partial charge in [0.2, 0.25) is 0 Å². The summed E-state index contributed by atoms with van der Waals surface area (Å²) >= 11 is 1.88. The van der Waals surface area contributed by atoms with E-state index in [2.05, 4.69) is 51.8 Å². The Morgan fingerprint density at radius 1 is 1.19 bits per heavy atom. The third kappa shape index (κ3) is 5.59. The fourth-order valence-electron chi connectivity index (χ4n) is 2.35. The van der Waals surface area contributed by atoms with Crippen molar-refractivity contribution in [3.05, 3.63) is 10.6 Å². The van der Waals surface area contributed by atoms with Gasteiger partial charge in [-0.2, -0.15) is 0 Å². The molecule has 1 N–H and O–H groups in total. The van der Waals surface area contributed by atoms with Gasteiger partial charge in [-0.25, -0.2) is 4.98 Å². The molecular formula is C17H33N3S. The van der Waals surface area contributed by atoms with Crippen LogP contribution in [0.3, 0.4) is 0 Å². The predicted octanol–water partition coefficient (Wildman–Crippen LogP) is 4.64. The molecule has 122 valence electrons. The van der Waals surface area contributed by atoms with Crippen LogP contribution in [0.5, 0.6) is 0 Å². The summed E-state index contributed by atoms with van der Waals surface area (Å²) in [7, 11) is 0. The fraction of sp³-hybridized carbons (Fsp3) is 0.824. The minimum atomic E-state index is 0.547. The second-order valence-electron chi connectivity index (χ2n) is 6.22. The average molecular weight is 312 g/mol. The lowest BCUT2D eigenvalue weighted by Gasteiger charge is -2.21. The van der Waals surface area contributed by atoms with E-state index in [0.717, 1.165) is 32.6 Å². The second-order valence-corrected chi connectivity index (χ2v) is 7.29. The van der Waals surface area contributed by atoms with Gasteiger partial charge in [0.1, 0.15) is 0 Å². The topological polar surface area (TPSA) is 28.2 Å². The van der Waals surface area contributed by atoms with Crippen molar-refractivity contribution in [1.82, 2.24) is 10.3 Å². The Bertz CT molecular complexity index is 401. The maximum Gasteiger partial charge on any atom is 0.185 e.